The summed E-state index contributed by atoms with van der Waals surface area (Å²) in [5.41, 5.74) is 2.33. The van der Waals surface area contributed by atoms with E-state index in [4.69, 9.17) is 0 Å². The smallest absolute Gasteiger partial charge is 0.273 e. The Labute approximate surface area is 127 Å². The van der Waals surface area contributed by atoms with E-state index in [0.29, 0.717) is 11.8 Å². The van der Waals surface area contributed by atoms with E-state index < -0.39 is 0 Å². The van der Waals surface area contributed by atoms with E-state index >= 15 is 0 Å². The third-order valence-corrected chi connectivity index (χ3v) is 4.91. The number of rotatable bonds is 5. The molecule has 0 saturated carbocycles. The maximum atomic E-state index is 11.0. The molecule has 0 aliphatic carbocycles. The number of hydrogen-bond donors (Lipinski definition) is 1. The van der Waals surface area contributed by atoms with E-state index in [2.05, 4.69) is 29.6 Å². The molecule has 21 heavy (non-hydrogen) atoms. The average molecular weight is 300 g/mol. The van der Waals surface area contributed by atoms with Crippen LogP contribution in [0, 0.1) is 10.1 Å². The average Bonchev–Trinajstić information content (AvgIpc) is 2.90. The van der Waals surface area contributed by atoms with Crippen molar-refractivity contribution in [2.75, 3.05) is 6.54 Å². The number of nitrogens with zero attached hydrogens (tertiary/aromatic N) is 1. The highest BCUT2D eigenvalue weighted by Crippen LogP contribution is 2.36. The first kappa shape index (κ1) is 14.1. The molecule has 1 N–H and O–H groups in total. The Morgan fingerprint density at radius 3 is 2.76 bits per heavy atom. The molecule has 0 amide bonds. The van der Waals surface area contributed by atoms with Crippen LogP contribution >= 0.6 is 11.8 Å². The van der Waals surface area contributed by atoms with Gasteiger partial charge in [0.2, 0.25) is 0 Å². The Morgan fingerprint density at radius 1 is 1.19 bits per heavy atom. The molecule has 5 heteroatoms. The molecule has 4 nitrogen and oxygen atoms in total. The number of nitrogens with one attached hydrogen (secondary N) is 1. The standard InChI is InChI=1S/C16H16N2O2S/c19-18(20)15-7-3-1-6-13(15)10-17-11-14-9-12-5-2-4-8-16(12)21-14/h1-8,14,17H,9-11H2. The Bertz CT molecular complexity index is 635. The molecule has 108 valence electrons. The number of fused-ring (bicyclic) bond motifs is 1. The second kappa shape index (κ2) is 6.28. The molecule has 0 bridgehead atoms. The van der Waals surface area contributed by atoms with Crippen LogP contribution < -0.4 is 5.32 Å². The molecule has 0 fully saturated rings. The molecular formula is C16H16N2O2S. The number of hydrogen-bond acceptors (Lipinski definition) is 4. The van der Waals surface area contributed by atoms with Crippen molar-refractivity contribution in [3.63, 3.8) is 0 Å². The highest BCUT2D eigenvalue weighted by molar-refractivity contribution is 8.00. The van der Waals surface area contributed by atoms with Crippen molar-refractivity contribution in [3.8, 4) is 0 Å². The van der Waals surface area contributed by atoms with Gasteiger partial charge in [0.05, 0.1) is 4.92 Å². The highest BCUT2D eigenvalue weighted by atomic mass is 32.2. The molecule has 1 unspecified atom stereocenters. The van der Waals surface area contributed by atoms with Crippen molar-refractivity contribution < 1.29 is 4.92 Å². The van der Waals surface area contributed by atoms with Gasteiger partial charge in [0, 0.05) is 34.9 Å². The Balaban J connectivity index is 1.55. The molecule has 3 rings (SSSR count). The Hall–Kier alpha value is -1.85. The monoisotopic (exact) mass is 300 g/mol. The number of benzene rings is 2. The van der Waals surface area contributed by atoms with Crippen molar-refractivity contribution >= 4 is 17.4 Å². The molecule has 2 aromatic rings. The van der Waals surface area contributed by atoms with Crippen molar-refractivity contribution in [1.82, 2.24) is 5.32 Å². The molecule has 1 aliphatic heterocycles. The third-order valence-electron chi connectivity index (χ3n) is 3.59. The normalized spacial score (nSPS) is 16.7. The molecule has 0 aromatic heterocycles. The van der Waals surface area contributed by atoms with Crippen molar-refractivity contribution in [2.45, 2.75) is 23.1 Å². The minimum absolute atomic E-state index is 0.187. The summed E-state index contributed by atoms with van der Waals surface area (Å²) in [5.74, 6) is 0. The largest absolute Gasteiger partial charge is 0.311 e. The summed E-state index contributed by atoms with van der Waals surface area (Å²) in [4.78, 5) is 12.0. The van der Waals surface area contributed by atoms with E-state index in [0.717, 1.165) is 18.5 Å². The SMILES string of the molecule is O=[N+]([O-])c1ccccc1CNCC1Cc2ccccc2S1. The first-order valence-electron chi connectivity index (χ1n) is 6.91. The van der Waals surface area contributed by atoms with Crippen molar-refractivity contribution in [2.24, 2.45) is 0 Å². The van der Waals surface area contributed by atoms with E-state index in [1.807, 2.05) is 23.9 Å². The molecule has 2 aromatic carbocycles. The summed E-state index contributed by atoms with van der Waals surface area (Å²) in [6.45, 7) is 1.38. The Morgan fingerprint density at radius 2 is 1.95 bits per heavy atom. The van der Waals surface area contributed by atoms with Crippen LogP contribution in [-0.2, 0) is 13.0 Å². The molecular weight excluding hydrogens is 284 g/mol. The van der Waals surface area contributed by atoms with Crippen LogP contribution in [0.2, 0.25) is 0 Å². The van der Waals surface area contributed by atoms with E-state index in [-0.39, 0.29) is 10.6 Å². The second-order valence-electron chi connectivity index (χ2n) is 5.07. The number of thioether (sulfide) groups is 1. The lowest BCUT2D eigenvalue weighted by molar-refractivity contribution is -0.385. The van der Waals surface area contributed by atoms with Gasteiger partial charge >= 0.3 is 0 Å². The van der Waals surface area contributed by atoms with E-state index in [1.165, 1.54) is 10.5 Å². The van der Waals surface area contributed by atoms with Gasteiger partial charge in [-0.25, -0.2) is 0 Å². The van der Waals surface area contributed by atoms with Gasteiger partial charge < -0.3 is 5.32 Å². The molecule has 0 spiro atoms. The van der Waals surface area contributed by atoms with Gasteiger partial charge in [0.25, 0.3) is 5.69 Å². The van der Waals surface area contributed by atoms with Gasteiger partial charge in [-0.15, -0.1) is 11.8 Å². The van der Waals surface area contributed by atoms with Gasteiger partial charge in [0.1, 0.15) is 0 Å². The Kier molecular flexibility index (Phi) is 4.22. The van der Waals surface area contributed by atoms with Gasteiger partial charge in [-0.1, -0.05) is 36.4 Å². The lowest BCUT2D eigenvalue weighted by Gasteiger charge is -2.10. The second-order valence-corrected chi connectivity index (χ2v) is 6.41. The quantitative estimate of drug-likeness (QED) is 0.679. The predicted octanol–water partition coefficient (Wildman–Crippen LogP) is 3.40. The molecule has 1 heterocycles. The first-order chi connectivity index (χ1) is 10.2. The highest BCUT2D eigenvalue weighted by Gasteiger charge is 2.21. The lowest BCUT2D eigenvalue weighted by atomic mass is 10.1. The number of para-hydroxylation sites is 1. The van der Waals surface area contributed by atoms with E-state index in [1.54, 1.807) is 12.1 Å². The number of nitro benzene ring substituents is 1. The summed E-state index contributed by atoms with van der Waals surface area (Å²) in [5, 5.41) is 14.8. The zero-order valence-corrected chi connectivity index (χ0v) is 12.3. The minimum atomic E-state index is -0.322. The van der Waals surface area contributed by atoms with Crippen molar-refractivity contribution in [1.29, 1.82) is 0 Å². The predicted molar refractivity (Wildman–Crippen MR) is 84.6 cm³/mol. The van der Waals surface area contributed by atoms with E-state index in [9.17, 15) is 10.1 Å². The maximum absolute atomic E-state index is 11.0. The summed E-state index contributed by atoms with van der Waals surface area (Å²) < 4.78 is 0. The molecule has 0 saturated heterocycles. The van der Waals surface area contributed by atoms with Crippen LogP contribution in [0.15, 0.2) is 53.4 Å². The molecule has 0 radical (unpaired) electrons. The maximum Gasteiger partial charge on any atom is 0.273 e. The molecule has 1 aliphatic rings. The van der Waals surface area contributed by atoms with Crippen LogP contribution in [-0.4, -0.2) is 16.7 Å². The summed E-state index contributed by atoms with van der Waals surface area (Å²) >= 11 is 1.89. The fraction of sp³-hybridized carbons (Fsp3) is 0.250. The van der Waals surface area contributed by atoms with Crippen LogP contribution in [0.3, 0.4) is 0 Å². The fourth-order valence-electron chi connectivity index (χ4n) is 2.57. The first-order valence-corrected chi connectivity index (χ1v) is 7.79. The summed E-state index contributed by atoms with van der Waals surface area (Å²) in [6.07, 6.45) is 1.06. The summed E-state index contributed by atoms with van der Waals surface area (Å²) in [7, 11) is 0. The topological polar surface area (TPSA) is 55.2 Å². The zero-order chi connectivity index (χ0) is 14.7. The van der Waals surface area contributed by atoms with Crippen LogP contribution in [0.4, 0.5) is 5.69 Å². The summed E-state index contributed by atoms with van der Waals surface area (Å²) in [6, 6.07) is 15.4. The van der Waals surface area contributed by atoms with Gasteiger partial charge in [0.15, 0.2) is 0 Å². The number of nitro groups is 1. The van der Waals surface area contributed by atoms with Crippen LogP contribution in [0.1, 0.15) is 11.1 Å². The van der Waals surface area contributed by atoms with Gasteiger partial charge in [-0.05, 0) is 18.1 Å². The van der Waals surface area contributed by atoms with Crippen LogP contribution in [0.5, 0.6) is 0 Å². The minimum Gasteiger partial charge on any atom is -0.311 e. The van der Waals surface area contributed by atoms with Gasteiger partial charge in [-0.2, -0.15) is 0 Å². The van der Waals surface area contributed by atoms with Gasteiger partial charge in [-0.3, -0.25) is 10.1 Å². The third kappa shape index (κ3) is 3.25. The molecule has 1 atom stereocenters. The fourth-order valence-corrected chi connectivity index (χ4v) is 3.86. The van der Waals surface area contributed by atoms with Crippen molar-refractivity contribution in [3.05, 3.63) is 69.8 Å². The van der Waals surface area contributed by atoms with Crippen LogP contribution in [0.25, 0.3) is 0 Å². The zero-order valence-electron chi connectivity index (χ0n) is 11.5. The lowest BCUT2D eigenvalue weighted by Crippen LogP contribution is -2.24.